The third kappa shape index (κ3) is 7.54. The summed E-state index contributed by atoms with van der Waals surface area (Å²) in [6.45, 7) is 3.77. The van der Waals surface area contributed by atoms with Gasteiger partial charge in [0.2, 0.25) is 11.8 Å². The van der Waals surface area contributed by atoms with Crippen molar-refractivity contribution in [3.63, 3.8) is 0 Å². The standard InChI is InChI=1S/C16H28N2O4/c1-11(2)5-3-4-6-15(21)18-13(10-19)16(22)17-9-14(20)12-7-8-12/h11-13,19H,3-10H2,1-2H3,(H,17,22)(H,18,21). The van der Waals surface area contributed by atoms with E-state index in [1.807, 2.05) is 0 Å². The first kappa shape index (κ1) is 18.6. The van der Waals surface area contributed by atoms with E-state index in [-0.39, 0.29) is 24.2 Å². The largest absolute Gasteiger partial charge is 0.394 e. The number of carbonyl (C=O) groups excluding carboxylic acids is 3. The summed E-state index contributed by atoms with van der Waals surface area (Å²) in [6.07, 6.45) is 4.94. The molecule has 1 unspecified atom stereocenters. The van der Waals surface area contributed by atoms with Gasteiger partial charge in [-0.15, -0.1) is 0 Å². The van der Waals surface area contributed by atoms with E-state index in [1.54, 1.807) is 0 Å². The molecule has 1 fully saturated rings. The van der Waals surface area contributed by atoms with E-state index in [2.05, 4.69) is 24.5 Å². The molecule has 6 heteroatoms. The van der Waals surface area contributed by atoms with Gasteiger partial charge in [-0.05, 0) is 25.2 Å². The van der Waals surface area contributed by atoms with Crippen LogP contribution in [0.5, 0.6) is 0 Å². The smallest absolute Gasteiger partial charge is 0.245 e. The molecule has 0 aliphatic heterocycles. The molecule has 0 saturated heterocycles. The summed E-state index contributed by atoms with van der Waals surface area (Å²) in [5.41, 5.74) is 0. The number of Topliss-reactive ketones (excluding diaryl/α,β-unsaturated/α-hetero) is 1. The van der Waals surface area contributed by atoms with E-state index in [0.29, 0.717) is 12.3 Å². The van der Waals surface area contributed by atoms with Crippen molar-refractivity contribution in [2.75, 3.05) is 13.2 Å². The topological polar surface area (TPSA) is 95.5 Å². The third-order valence-electron chi connectivity index (χ3n) is 3.74. The molecule has 0 aromatic heterocycles. The fourth-order valence-corrected chi connectivity index (χ4v) is 2.15. The van der Waals surface area contributed by atoms with Gasteiger partial charge in [0.05, 0.1) is 13.2 Å². The zero-order chi connectivity index (χ0) is 16.5. The Morgan fingerprint density at radius 1 is 1.18 bits per heavy atom. The molecule has 1 aliphatic carbocycles. The fraction of sp³-hybridized carbons (Fsp3) is 0.812. The number of hydrogen-bond acceptors (Lipinski definition) is 4. The number of ketones is 1. The Morgan fingerprint density at radius 2 is 1.86 bits per heavy atom. The predicted octanol–water partition coefficient (Wildman–Crippen LogP) is 0.775. The number of rotatable bonds is 11. The first-order chi connectivity index (χ1) is 10.4. The van der Waals surface area contributed by atoms with Gasteiger partial charge in [-0.1, -0.05) is 26.7 Å². The van der Waals surface area contributed by atoms with Crippen molar-refractivity contribution >= 4 is 17.6 Å². The summed E-state index contributed by atoms with van der Waals surface area (Å²) in [5.74, 6) is -0.0324. The summed E-state index contributed by atoms with van der Waals surface area (Å²) in [7, 11) is 0. The van der Waals surface area contributed by atoms with E-state index in [9.17, 15) is 19.5 Å². The number of aliphatic hydroxyl groups excluding tert-OH is 1. The minimum atomic E-state index is -0.982. The van der Waals surface area contributed by atoms with Gasteiger partial charge in [0.1, 0.15) is 6.04 Å². The number of aliphatic hydroxyl groups is 1. The van der Waals surface area contributed by atoms with E-state index in [1.165, 1.54) is 0 Å². The van der Waals surface area contributed by atoms with E-state index >= 15 is 0 Å². The van der Waals surface area contributed by atoms with E-state index < -0.39 is 18.6 Å². The summed E-state index contributed by atoms with van der Waals surface area (Å²) >= 11 is 0. The highest BCUT2D eigenvalue weighted by Crippen LogP contribution is 2.29. The van der Waals surface area contributed by atoms with Gasteiger partial charge in [0.15, 0.2) is 5.78 Å². The summed E-state index contributed by atoms with van der Waals surface area (Å²) in [5, 5.41) is 14.2. The van der Waals surface area contributed by atoms with Crippen LogP contribution in [0.15, 0.2) is 0 Å². The maximum Gasteiger partial charge on any atom is 0.245 e. The zero-order valence-electron chi connectivity index (χ0n) is 13.6. The highest BCUT2D eigenvalue weighted by molar-refractivity contribution is 5.92. The molecule has 1 saturated carbocycles. The normalized spacial score (nSPS) is 15.5. The van der Waals surface area contributed by atoms with Crippen molar-refractivity contribution in [1.29, 1.82) is 0 Å². The van der Waals surface area contributed by atoms with Crippen LogP contribution in [0.25, 0.3) is 0 Å². The zero-order valence-corrected chi connectivity index (χ0v) is 13.6. The maximum absolute atomic E-state index is 11.8. The highest BCUT2D eigenvalue weighted by atomic mass is 16.3. The van der Waals surface area contributed by atoms with Crippen LogP contribution in [0, 0.1) is 11.8 Å². The van der Waals surface area contributed by atoms with Gasteiger partial charge in [-0.3, -0.25) is 14.4 Å². The molecule has 1 atom stereocenters. The molecular weight excluding hydrogens is 284 g/mol. The molecule has 126 valence electrons. The van der Waals surface area contributed by atoms with Crippen molar-refractivity contribution in [1.82, 2.24) is 10.6 Å². The molecule has 0 aromatic rings. The molecule has 1 rings (SSSR count). The molecule has 0 bridgehead atoms. The van der Waals surface area contributed by atoms with Crippen LogP contribution < -0.4 is 10.6 Å². The van der Waals surface area contributed by atoms with Crippen LogP contribution in [-0.4, -0.2) is 41.9 Å². The molecule has 22 heavy (non-hydrogen) atoms. The Balaban J connectivity index is 2.22. The second-order valence-electron chi connectivity index (χ2n) is 6.40. The minimum absolute atomic E-state index is 0.0186. The monoisotopic (exact) mass is 312 g/mol. The second kappa shape index (κ2) is 9.56. The Labute approximate surface area is 132 Å². The molecular formula is C16H28N2O4. The molecule has 0 radical (unpaired) electrons. The number of carbonyl (C=O) groups is 3. The minimum Gasteiger partial charge on any atom is -0.394 e. The lowest BCUT2D eigenvalue weighted by atomic mass is 10.1. The first-order valence-corrected chi connectivity index (χ1v) is 8.14. The van der Waals surface area contributed by atoms with Crippen LogP contribution >= 0.6 is 0 Å². The van der Waals surface area contributed by atoms with E-state index in [4.69, 9.17) is 0 Å². The quantitative estimate of drug-likeness (QED) is 0.491. The van der Waals surface area contributed by atoms with Crippen LogP contribution in [0.1, 0.15) is 52.4 Å². The molecule has 6 nitrogen and oxygen atoms in total. The number of hydrogen-bond donors (Lipinski definition) is 3. The third-order valence-corrected chi connectivity index (χ3v) is 3.74. The Morgan fingerprint density at radius 3 is 2.41 bits per heavy atom. The molecule has 1 aliphatic rings. The van der Waals surface area contributed by atoms with Crippen molar-refractivity contribution in [2.24, 2.45) is 11.8 Å². The molecule has 0 heterocycles. The van der Waals surface area contributed by atoms with Crippen molar-refractivity contribution in [2.45, 2.75) is 58.4 Å². The molecule has 0 aromatic carbocycles. The van der Waals surface area contributed by atoms with Crippen molar-refractivity contribution < 1.29 is 19.5 Å². The SMILES string of the molecule is CC(C)CCCCC(=O)NC(CO)C(=O)NCC(=O)C1CC1. The van der Waals surface area contributed by atoms with Gasteiger partial charge in [0.25, 0.3) is 0 Å². The summed E-state index contributed by atoms with van der Waals surface area (Å²) in [6, 6.07) is -0.982. The van der Waals surface area contributed by atoms with Crippen molar-refractivity contribution in [3.05, 3.63) is 0 Å². The second-order valence-corrected chi connectivity index (χ2v) is 6.40. The van der Waals surface area contributed by atoms with Crippen LogP contribution in [0.3, 0.4) is 0 Å². The summed E-state index contributed by atoms with van der Waals surface area (Å²) < 4.78 is 0. The maximum atomic E-state index is 11.8. The number of nitrogens with one attached hydrogen (secondary N) is 2. The molecule has 3 N–H and O–H groups in total. The van der Waals surface area contributed by atoms with Gasteiger partial charge in [0, 0.05) is 12.3 Å². The molecule has 0 spiro atoms. The van der Waals surface area contributed by atoms with E-state index in [0.717, 1.165) is 32.1 Å². The average Bonchev–Trinajstić information content (AvgIpc) is 3.30. The number of unbranched alkanes of at least 4 members (excludes halogenated alkanes) is 1. The highest BCUT2D eigenvalue weighted by Gasteiger charge is 2.30. The van der Waals surface area contributed by atoms with Gasteiger partial charge >= 0.3 is 0 Å². The first-order valence-electron chi connectivity index (χ1n) is 8.14. The molecule has 2 amide bonds. The van der Waals surface area contributed by atoms with Crippen LogP contribution in [-0.2, 0) is 14.4 Å². The van der Waals surface area contributed by atoms with Crippen LogP contribution in [0.2, 0.25) is 0 Å². The lowest BCUT2D eigenvalue weighted by Crippen LogP contribution is -2.49. The van der Waals surface area contributed by atoms with Crippen molar-refractivity contribution in [3.8, 4) is 0 Å². The van der Waals surface area contributed by atoms with Gasteiger partial charge < -0.3 is 15.7 Å². The predicted molar refractivity (Wildman–Crippen MR) is 83.1 cm³/mol. The van der Waals surface area contributed by atoms with Gasteiger partial charge in [-0.2, -0.15) is 0 Å². The Hall–Kier alpha value is -1.43. The number of amides is 2. The Kier molecular flexibility index (Phi) is 8.09. The lowest BCUT2D eigenvalue weighted by molar-refractivity contribution is -0.131. The van der Waals surface area contributed by atoms with Crippen LogP contribution in [0.4, 0.5) is 0 Å². The lowest BCUT2D eigenvalue weighted by Gasteiger charge is -2.16. The Bertz CT molecular complexity index is 392. The van der Waals surface area contributed by atoms with Gasteiger partial charge in [-0.25, -0.2) is 0 Å². The fourth-order valence-electron chi connectivity index (χ4n) is 2.15. The average molecular weight is 312 g/mol. The summed E-state index contributed by atoms with van der Waals surface area (Å²) in [4.78, 5) is 35.1.